The molecule has 21 heavy (non-hydrogen) atoms. The molecular weight excluding hydrogens is 266 g/mol. The Kier molecular flexibility index (Phi) is 5.96. The van der Waals surface area contributed by atoms with Gasteiger partial charge < -0.3 is 14.7 Å². The number of carbonyl (C=O) groups excluding carboxylic acids is 1. The Hall–Kier alpha value is -1.65. The Morgan fingerprint density at radius 1 is 1.38 bits per heavy atom. The quantitative estimate of drug-likeness (QED) is 0.588. The van der Waals surface area contributed by atoms with Crippen molar-refractivity contribution in [2.45, 2.75) is 25.5 Å². The lowest BCUT2D eigenvalue weighted by Gasteiger charge is -2.23. The number of hydrogen-bond donors (Lipinski definition) is 1. The SMILES string of the molecule is C=CC[C@@H]1C[C@@H](CO)N(CCOCc2ccccc2)C1=O. The van der Waals surface area contributed by atoms with Gasteiger partial charge in [0.2, 0.25) is 5.91 Å². The summed E-state index contributed by atoms with van der Waals surface area (Å²) in [5.74, 6) is 0.0750. The molecule has 1 aromatic rings. The molecule has 1 amide bonds. The maximum Gasteiger partial charge on any atom is 0.226 e. The summed E-state index contributed by atoms with van der Waals surface area (Å²) in [4.78, 5) is 14.0. The molecule has 0 bridgehead atoms. The number of benzene rings is 1. The molecule has 1 saturated heterocycles. The number of nitrogens with zero attached hydrogens (tertiary/aromatic N) is 1. The first kappa shape index (κ1) is 15.7. The Balaban J connectivity index is 1.78. The zero-order chi connectivity index (χ0) is 15.1. The van der Waals surface area contributed by atoms with Crippen molar-refractivity contribution in [2.24, 2.45) is 5.92 Å². The molecule has 1 aliphatic heterocycles. The molecule has 1 aliphatic rings. The van der Waals surface area contributed by atoms with E-state index in [9.17, 15) is 9.90 Å². The maximum absolute atomic E-state index is 12.2. The van der Waals surface area contributed by atoms with Crippen LogP contribution in [0, 0.1) is 5.92 Å². The summed E-state index contributed by atoms with van der Waals surface area (Å²) >= 11 is 0. The standard InChI is InChI=1S/C17H23NO3/c1-2-6-15-11-16(12-19)18(17(15)20)9-10-21-13-14-7-4-3-5-8-14/h2-5,7-8,15-16,19H,1,6,9-13H2/t15-,16+/m1/s1. The number of hydrogen-bond acceptors (Lipinski definition) is 3. The van der Waals surface area contributed by atoms with Crippen LogP contribution in [0.15, 0.2) is 43.0 Å². The van der Waals surface area contributed by atoms with Crippen LogP contribution in [0.5, 0.6) is 0 Å². The van der Waals surface area contributed by atoms with Gasteiger partial charge in [0.1, 0.15) is 0 Å². The van der Waals surface area contributed by atoms with Crippen LogP contribution in [0.3, 0.4) is 0 Å². The van der Waals surface area contributed by atoms with Crippen molar-refractivity contribution in [2.75, 3.05) is 19.8 Å². The van der Waals surface area contributed by atoms with Crippen molar-refractivity contribution in [3.8, 4) is 0 Å². The maximum atomic E-state index is 12.2. The number of allylic oxidation sites excluding steroid dienone is 1. The van der Waals surface area contributed by atoms with Crippen LogP contribution in [0.25, 0.3) is 0 Å². The molecule has 0 aromatic heterocycles. The fourth-order valence-corrected chi connectivity index (χ4v) is 2.76. The molecule has 0 aliphatic carbocycles. The lowest BCUT2D eigenvalue weighted by molar-refractivity contribution is -0.133. The average molecular weight is 289 g/mol. The van der Waals surface area contributed by atoms with Gasteiger partial charge in [-0.25, -0.2) is 0 Å². The van der Waals surface area contributed by atoms with E-state index in [4.69, 9.17) is 4.74 Å². The van der Waals surface area contributed by atoms with Crippen LogP contribution >= 0.6 is 0 Å². The largest absolute Gasteiger partial charge is 0.394 e. The monoisotopic (exact) mass is 289 g/mol. The van der Waals surface area contributed by atoms with Crippen LogP contribution in [-0.4, -0.2) is 41.7 Å². The summed E-state index contributed by atoms with van der Waals surface area (Å²) in [6.45, 7) is 5.26. The molecule has 0 radical (unpaired) electrons. The Labute approximate surface area is 126 Å². The average Bonchev–Trinajstić information content (AvgIpc) is 2.81. The lowest BCUT2D eigenvalue weighted by atomic mass is 10.0. The smallest absolute Gasteiger partial charge is 0.226 e. The first-order valence-electron chi connectivity index (χ1n) is 7.40. The van der Waals surface area contributed by atoms with E-state index in [2.05, 4.69) is 6.58 Å². The van der Waals surface area contributed by atoms with Crippen molar-refractivity contribution >= 4 is 5.91 Å². The van der Waals surface area contributed by atoms with Crippen LogP contribution in [0.2, 0.25) is 0 Å². The van der Waals surface area contributed by atoms with Gasteiger partial charge in [-0.2, -0.15) is 0 Å². The zero-order valence-electron chi connectivity index (χ0n) is 12.3. The molecule has 2 atom stereocenters. The number of aliphatic hydroxyl groups excluding tert-OH is 1. The van der Waals surface area contributed by atoms with Gasteiger partial charge in [-0.3, -0.25) is 4.79 Å². The molecule has 1 heterocycles. The number of aliphatic hydroxyl groups is 1. The van der Waals surface area contributed by atoms with Crippen LogP contribution in [0.1, 0.15) is 18.4 Å². The fraction of sp³-hybridized carbons (Fsp3) is 0.471. The van der Waals surface area contributed by atoms with Gasteiger partial charge in [0, 0.05) is 12.5 Å². The van der Waals surface area contributed by atoms with Crippen molar-refractivity contribution in [1.29, 1.82) is 0 Å². The van der Waals surface area contributed by atoms with Gasteiger partial charge in [-0.1, -0.05) is 36.4 Å². The molecule has 1 N–H and O–H groups in total. The minimum Gasteiger partial charge on any atom is -0.394 e. The van der Waals surface area contributed by atoms with Crippen LogP contribution < -0.4 is 0 Å². The third kappa shape index (κ3) is 4.16. The van der Waals surface area contributed by atoms with E-state index in [0.717, 1.165) is 5.56 Å². The summed E-state index contributed by atoms with van der Waals surface area (Å²) < 4.78 is 5.62. The number of amides is 1. The third-order valence-corrected chi connectivity index (χ3v) is 3.88. The first-order chi connectivity index (χ1) is 10.3. The topological polar surface area (TPSA) is 49.8 Å². The molecule has 114 valence electrons. The highest BCUT2D eigenvalue weighted by atomic mass is 16.5. The minimum absolute atomic E-state index is 0.0120. The highest BCUT2D eigenvalue weighted by Gasteiger charge is 2.37. The second-order valence-corrected chi connectivity index (χ2v) is 5.36. The van der Waals surface area contributed by atoms with E-state index >= 15 is 0 Å². The predicted octanol–water partition coefficient (Wildman–Crippen LogP) is 1.99. The van der Waals surface area contributed by atoms with E-state index in [1.807, 2.05) is 30.3 Å². The summed E-state index contributed by atoms with van der Waals surface area (Å²) in [6.07, 6.45) is 3.16. The van der Waals surface area contributed by atoms with Crippen molar-refractivity contribution in [3.05, 3.63) is 48.6 Å². The number of ether oxygens (including phenoxy) is 1. The van der Waals surface area contributed by atoms with Crippen LogP contribution in [-0.2, 0) is 16.1 Å². The van der Waals surface area contributed by atoms with Crippen molar-refractivity contribution in [1.82, 2.24) is 4.90 Å². The van der Waals surface area contributed by atoms with Gasteiger partial charge in [0.15, 0.2) is 0 Å². The molecular formula is C17H23NO3. The molecule has 4 nitrogen and oxygen atoms in total. The molecule has 4 heteroatoms. The lowest BCUT2D eigenvalue weighted by Crippen LogP contribution is -2.38. The summed E-state index contributed by atoms with van der Waals surface area (Å²) in [6, 6.07) is 9.87. The molecule has 1 aromatic carbocycles. The molecule has 0 saturated carbocycles. The fourth-order valence-electron chi connectivity index (χ4n) is 2.76. The Bertz CT molecular complexity index is 460. The number of likely N-dealkylation sites (tertiary alicyclic amines) is 1. The number of rotatable bonds is 8. The zero-order valence-corrected chi connectivity index (χ0v) is 12.3. The Morgan fingerprint density at radius 3 is 2.81 bits per heavy atom. The highest BCUT2D eigenvalue weighted by molar-refractivity contribution is 5.81. The van der Waals surface area contributed by atoms with E-state index < -0.39 is 0 Å². The highest BCUT2D eigenvalue weighted by Crippen LogP contribution is 2.27. The minimum atomic E-state index is -0.0808. The van der Waals surface area contributed by atoms with E-state index in [1.54, 1.807) is 11.0 Å². The van der Waals surface area contributed by atoms with E-state index in [1.165, 1.54) is 0 Å². The summed E-state index contributed by atoms with van der Waals surface area (Å²) in [7, 11) is 0. The predicted molar refractivity (Wildman–Crippen MR) is 81.6 cm³/mol. The van der Waals surface area contributed by atoms with Gasteiger partial charge in [-0.15, -0.1) is 6.58 Å². The van der Waals surface area contributed by atoms with Gasteiger partial charge in [-0.05, 0) is 18.4 Å². The normalized spacial score (nSPS) is 21.8. The second-order valence-electron chi connectivity index (χ2n) is 5.36. The molecule has 2 rings (SSSR count). The van der Waals surface area contributed by atoms with E-state index in [0.29, 0.717) is 32.6 Å². The first-order valence-corrected chi connectivity index (χ1v) is 7.40. The Morgan fingerprint density at radius 2 is 2.14 bits per heavy atom. The van der Waals surface area contributed by atoms with Gasteiger partial charge >= 0.3 is 0 Å². The van der Waals surface area contributed by atoms with Gasteiger partial charge in [0.25, 0.3) is 0 Å². The third-order valence-electron chi connectivity index (χ3n) is 3.88. The molecule has 0 unspecified atom stereocenters. The number of carbonyl (C=O) groups is 1. The molecule has 0 spiro atoms. The van der Waals surface area contributed by atoms with E-state index in [-0.39, 0.29) is 24.5 Å². The summed E-state index contributed by atoms with van der Waals surface area (Å²) in [5, 5.41) is 9.41. The van der Waals surface area contributed by atoms with Crippen LogP contribution in [0.4, 0.5) is 0 Å². The second kappa shape index (κ2) is 7.96. The molecule has 1 fully saturated rings. The van der Waals surface area contributed by atoms with Gasteiger partial charge in [0.05, 0.1) is 25.9 Å². The van der Waals surface area contributed by atoms with Crippen molar-refractivity contribution < 1.29 is 14.6 Å². The summed E-state index contributed by atoms with van der Waals surface area (Å²) in [5.41, 5.74) is 1.12. The van der Waals surface area contributed by atoms with Crippen molar-refractivity contribution in [3.63, 3.8) is 0 Å².